The van der Waals surface area contributed by atoms with Crippen LogP contribution in [0.3, 0.4) is 0 Å². The molecular formula is C17H21NO3S. The van der Waals surface area contributed by atoms with Crippen molar-refractivity contribution in [2.24, 2.45) is 0 Å². The molecule has 2 aromatic rings. The Balaban J connectivity index is 0.000000745. The minimum atomic E-state index is -3.56. The monoisotopic (exact) mass is 319 g/mol. The molecule has 0 amide bonds. The molecule has 0 unspecified atom stereocenters. The first-order valence-electron chi connectivity index (χ1n) is 7.09. The van der Waals surface area contributed by atoms with Crippen molar-refractivity contribution < 1.29 is 13.2 Å². The molecule has 0 fully saturated rings. The van der Waals surface area contributed by atoms with Crippen molar-refractivity contribution in [2.75, 3.05) is 0 Å². The van der Waals surface area contributed by atoms with Crippen LogP contribution in [0.1, 0.15) is 32.8 Å². The largest absolute Gasteiger partial charge is 0.295 e. The van der Waals surface area contributed by atoms with E-state index < -0.39 is 10.0 Å². The highest BCUT2D eigenvalue weighted by molar-refractivity contribution is 7.90. The number of ketones is 1. The van der Waals surface area contributed by atoms with Crippen LogP contribution in [0, 0.1) is 0 Å². The standard InChI is InChI=1S/C14H13NO3S.C3H8/c1-12(16)7-8-13-9-10-15(11-13)19(17,18)14-5-3-2-4-6-14;1-3-2/h2-11H,1H3;3H2,1-2H3/b8-7+;. The molecule has 0 saturated heterocycles. The molecule has 1 heterocycles. The van der Waals surface area contributed by atoms with E-state index in [4.69, 9.17) is 0 Å². The number of carbonyl (C=O) groups excluding carboxylic acids is 1. The molecule has 5 heteroatoms. The summed E-state index contributed by atoms with van der Waals surface area (Å²) in [4.78, 5) is 11.1. The second-order valence-electron chi connectivity index (χ2n) is 4.74. The number of allylic oxidation sites excluding steroid dienone is 1. The van der Waals surface area contributed by atoms with Gasteiger partial charge in [0.2, 0.25) is 0 Å². The summed E-state index contributed by atoms with van der Waals surface area (Å²) in [5.41, 5.74) is 0.662. The molecule has 1 aromatic heterocycles. The molecular weight excluding hydrogens is 298 g/mol. The maximum Gasteiger partial charge on any atom is 0.267 e. The van der Waals surface area contributed by atoms with Gasteiger partial charge in [0.15, 0.2) is 5.78 Å². The van der Waals surface area contributed by atoms with Crippen molar-refractivity contribution in [3.8, 4) is 0 Å². The molecule has 0 N–H and O–H groups in total. The second-order valence-corrected chi connectivity index (χ2v) is 6.59. The summed E-state index contributed by atoms with van der Waals surface area (Å²) in [6.07, 6.45) is 7.16. The van der Waals surface area contributed by atoms with Gasteiger partial charge in [-0.15, -0.1) is 0 Å². The molecule has 4 nitrogen and oxygen atoms in total. The number of carbonyl (C=O) groups is 1. The van der Waals surface area contributed by atoms with E-state index in [9.17, 15) is 13.2 Å². The van der Waals surface area contributed by atoms with Crippen LogP contribution >= 0.6 is 0 Å². The van der Waals surface area contributed by atoms with Crippen LogP contribution in [0.4, 0.5) is 0 Å². The number of benzene rings is 1. The van der Waals surface area contributed by atoms with Gasteiger partial charge in [0.1, 0.15) is 0 Å². The van der Waals surface area contributed by atoms with E-state index in [2.05, 4.69) is 13.8 Å². The summed E-state index contributed by atoms with van der Waals surface area (Å²) < 4.78 is 25.7. The quantitative estimate of drug-likeness (QED) is 0.807. The molecule has 1 aromatic carbocycles. The fourth-order valence-electron chi connectivity index (χ4n) is 1.57. The highest BCUT2D eigenvalue weighted by atomic mass is 32.2. The van der Waals surface area contributed by atoms with Crippen molar-refractivity contribution in [1.82, 2.24) is 3.97 Å². The van der Waals surface area contributed by atoms with Crippen molar-refractivity contribution in [1.29, 1.82) is 0 Å². The zero-order valence-electron chi connectivity index (χ0n) is 13.1. The Morgan fingerprint density at radius 2 is 1.73 bits per heavy atom. The number of hydrogen-bond acceptors (Lipinski definition) is 3. The van der Waals surface area contributed by atoms with Crippen LogP contribution in [0.2, 0.25) is 0 Å². The summed E-state index contributed by atoms with van der Waals surface area (Å²) in [6.45, 7) is 5.69. The summed E-state index contributed by atoms with van der Waals surface area (Å²) in [6, 6.07) is 9.83. The van der Waals surface area contributed by atoms with Gasteiger partial charge in [0.25, 0.3) is 10.0 Å². The zero-order valence-corrected chi connectivity index (χ0v) is 13.9. The van der Waals surface area contributed by atoms with Gasteiger partial charge in [0.05, 0.1) is 4.90 Å². The normalized spacial score (nSPS) is 11.0. The fourth-order valence-corrected chi connectivity index (χ4v) is 2.79. The van der Waals surface area contributed by atoms with E-state index in [0.29, 0.717) is 5.56 Å². The molecule has 0 radical (unpaired) electrons. The zero-order chi connectivity index (χ0) is 16.6. The Kier molecular flexibility index (Phi) is 6.79. The second kappa shape index (κ2) is 8.34. The van der Waals surface area contributed by atoms with Crippen molar-refractivity contribution in [2.45, 2.75) is 32.1 Å². The van der Waals surface area contributed by atoms with Crippen LogP contribution in [-0.4, -0.2) is 18.2 Å². The van der Waals surface area contributed by atoms with Crippen molar-refractivity contribution in [3.05, 3.63) is 60.4 Å². The summed E-state index contributed by atoms with van der Waals surface area (Å²) >= 11 is 0. The Morgan fingerprint density at radius 3 is 2.27 bits per heavy atom. The molecule has 22 heavy (non-hydrogen) atoms. The predicted molar refractivity (Wildman–Crippen MR) is 89.1 cm³/mol. The Hall–Kier alpha value is -2.14. The number of nitrogens with zero attached hydrogens (tertiary/aromatic N) is 1. The van der Waals surface area contributed by atoms with Gasteiger partial charge < -0.3 is 0 Å². The first-order valence-corrected chi connectivity index (χ1v) is 8.53. The molecule has 118 valence electrons. The van der Waals surface area contributed by atoms with Gasteiger partial charge in [-0.25, -0.2) is 12.4 Å². The third-order valence-corrected chi connectivity index (χ3v) is 4.17. The molecule has 0 bridgehead atoms. The van der Waals surface area contributed by atoms with Crippen LogP contribution in [0.5, 0.6) is 0 Å². The number of aromatic nitrogens is 1. The van der Waals surface area contributed by atoms with Crippen LogP contribution in [0.25, 0.3) is 6.08 Å². The smallest absolute Gasteiger partial charge is 0.267 e. The van der Waals surface area contributed by atoms with E-state index in [0.717, 1.165) is 3.97 Å². The molecule has 0 saturated carbocycles. The predicted octanol–water partition coefficient (Wildman–Crippen LogP) is 3.74. The van der Waals surface area contributed by atoms with Gasteiger partial charge >= 0.3 is 0 Å². The SMILES string of the molecule is CC(=O)/C=C/c1ccn(S(=O)(=O)c2ccccc2)c1.CCC. The van der Waals surface area contributed by atoms with Crippen molar-refractivity contribution in [3.63, 3.8) is 0 Å². The van der Waals surface area contributed by atoms with Crippen LogP contribution in [0.15, 0.2) is 59.8 Å². The van der Waals surface area contributed by atoms with Crippen LogP contribution < -0.4 is 0 Å². The lowest BCUT2D eigenvalue weighted by Crippen LogP contribution is -2.10. The average molecular weight is 319 g/mol. The van der Waals surface area contributed by atoms with Gasteiger partial charge in [-0.05, 0) is 42.8 Å². The Bertz CT molecular complexity index is 728. The lowest BCUT2D eigenvalue weighted by Gasteiger charge is -2.04. The third-order valence-electron chi connectivity index (χ3n) is 2.52. The lowest BCUT2D eigenvalue weighted by molar-refractivity contribution is -0.112. The van der Waals surface area contributed by atoms with Crippen molar-refractivity contribution >= 4 is 21.9 Å². The van der Waals surface area contributed by atoms with Crippen LogP contribution in [-0.2, 0) is 14.8 Å². The van der Waals surface area contributed by atoms with E-state index in [1.54, 1.807) is 42.5 Å². The van der Waals surface area contributed by atoms with E-state index in [1.165, 1.54) is 31.8 Å². The molecule has 0 spiro atoms. The summed E-state index contributed by atoms with van der Waals surface area (Å²) in [7, 11) is -3.56. The molecule has 0 aliphatic heterocycles. The summed E-state index contributed by atoms with van der Waals surface area (Å²) in [5, 5.41) is 0. The molecule has 0 aliphatic carbocycles. The van der Waals surface area contributed by atoms with E-state index >= 15 is 0 Å². The maximum atomic E-state index is 12.3. The Labute approximate surface area is 132 Å². The van der Waals surface area contributed by atoms with Gasteiger partial charge in [-0.1, -0.05) is 38.5 Å². The first kappa shape index (κ1) is 17.9. The minimum absolute atomic E-state index is 0.0846. The maximum absolute atomic E-state index is 12.3. The first-order chi connectivity index (χ1) is 10.4. The number of hydrogen-bond donors (Lipinski definition) is 0. The highest BCUT2D eigenvalue weighted by Gasteiger charge is 2.15. The van der Waals surface area contributed by atoms with Gasteiger partial charge in [-0.2, -0.15) is 0 Å². The third kappa shape index (κ3) is 5.00. The van der Waals surface area contributed by atoms with Gasteiger partial charge in [-0.3, -0.25) is 4.79 Å². The molecule has 0 atom stereocenters. The average Bonchev–Trinajstić information content (AvgIpc) is 2.96. The minimum Gasteiger partial charge on any atom is -0.295 e. The lowest BCUT2D eigenvalue weighted by atomic mass is 10.3. The molecule has 0 aliphatic rings. The van der Waals surface area contributed by atoms with E-state index in [1.807, 2.05) is 0 Å². The topological polar surface area (TPSA) is 56.1 Å². The highest BCUT2D eigenvalue weighted by Crippen LogP contribution is 2.15. The Morgan fingerprint density at radius 1 is 1.14 bits per heavy atom. The summed E-state index contributed by atoms with van der Waals surface area (Å²) in [5.74, 6) is -0.0846. The number of rotatable bonds is 4. The fraction of sp³-hybridized carbons (Fsp3) is 0.235. The van der Waals surface area contributed by atoms with E-state index in [-0.39, 0.29) is 10.7 Å². The van der Waals surface area contributed by atoms with Gasteiger partial charge in [0, 0.05) is 12.4 Å². The molecule has 2 rings (SSSR count).